The van der Waals surface area contributed by atoms with Gasteiger partial charge in [0.05, 0.1) is 22.5 Å². The molecule has 0 aliphatic rings. The van der Waals surface area contributed by atoms with Gasteiger partial charge >= 0.3 is 11.6 Å². The van der Waals surface area contributed by atoms with E-state index in [4.69, 9.17) is 13.9 Å². The van der Waals surface area contributed by atoms with E-state index in [1.165, 1.54) is 43.1 Å². The van der Waals surface area contributed by atoms with Crippen molar-refractivity contribution in [3.05, 3.63) is 104 Å². The number of hydrogen-bond donors (Lipinski definition) is 0. The molecule has 0 N–H and O–H groups in total. The zero-order chi connectivity index (χ0) is 23.4. The van der Waals surface area contributed by atoms with Crippen molar-refractivity contribution < 1.29 is 23.6 Å². The molecule has 8 nitrogen and oxygen atoms in total. The number of ether oxygens (including phenoxy) is 2. The van der Waals surface area contributed by atoms with Crippen LogP contribution in [0.15, 0.2) is 91.8 Å². The molecule has 0 spiro atoms. The molecule has 0 aliphatic carbocycles. The SMILES string of the molecule is COc1ccc2c(COC(=O)c3ccc(Sc4ccccc4)c([N+](=O)[O-])c3)cc(=O)oc2c1. The monoisotopic (exact) mass is 463 g/mol. The Kier molecular flexibility index (Phi) is 6.41. The highest BCUT2D eigenvalue weighted by molar-refractivity contribution is 7.99. The molecule has 0 aliphatic heterocycles. The van der Waals surface area contributed by atoms with E-state index in [1.807, 2.05) is 30.3 Å². The first-order chi connectivity index (χ1) is 15.9. The molecule has 0 amide bonds. The van der Waals surface area contributed by atoms with Crippen LogP contribution in [0.25, 0.3) is 11.0 Å². The summed E-state index contributed by atoms with van der Waals surface area (Å²) in [7, 11) is 1.49. The molecule has 1 aromatic heterocycles. The Balaban J connectivity index is 1.56. The van der Waals surface area contributed by atoms with E-state index >= 15 is 0 Å². The van der Waals surface area contributed by atoms with Crippen LogP contribution in [0.5, 0.6) is 5.75 Å². The number of fused-ring (bicyclic) bond motifs is 1. The maximum Gasteiger partial charge on any atom is 0.338 e. The molecular weight excluding hydrogens is 446 g/mol. The van der Waals surface area contributed by atoms with E-state index < -0.39 is 16.5 Å². The zero-order valence-corrected chi connectivity index (χ0v) is 18.2. The quantitative estimate of drug-likeness (QED) is 0.159. The van der Waals surface area contributed by atoms with Crippen molar-refractivity contribution in [2.24, 2.45) is 0 Å². The van der Waals surface area contributed by atoms with E-state index in [0.717, 1.165) is 4.90 Å². The first-order valence-corrected chi connectivity index (χ1v) is 10.6. The second-order valence-electron chi connectivity index (χ2n) is 6.88. The number of esters is 1. The molecule has 166 valence electrons. The number of benzene rings is 3. The molecule has 0 unspecified atom stereocenters. The van der Waals surface area contributed by atoms with E-state index in [-0.39, 0.29) is 17.9 Å². The minimum atomic E-state index is -0.746. The Morgan fingerprint density at radius 2 is 1.85 bits per heavy atom. The van der Waals surface area contributed by atoms with Crippen LogP contribution in [0, 0.1) is 10.1 Å². The second kappa shape index (κ2) is 9.58. The van der Waals surface area contributed by atoms with Crippen LogP contribution < -0.4 is 10.4 Å². The number of rotatable bonds is 7. The van der Waals surface area contributed by atoms with E-state index in [2.05, 4.69) is 0 Å². The molecule has 9 heteroatoms. The van der Waals surface area contributed by atoms with E-state index in [0.29, 0.717) is 27.2 Å². The van der Waals surface area contributed by atoms with E-state index in [9.17, 15) is 19.7 Å². The van der Waals surface area contributed by atoms with Crippen LogP contribution in [-0.4, -0.2) is 18.0 Å². The Bertz CT molecular complexity index is 1400. The standard InChI is InChI=1S/C24H17NO7S/c1-30-17-8-9-19-16(12-23(26)32-21(19)13-17)14-31-24(27)15-7-10-22(20(11-15)25(28)29)33-18-5-3-2-4-6-18/h2-13H,14H2,1H3. The molecule has 0 bridgehead atoms. The lowest BCUT2D eigenvalue weighted by Gasteiger charge is -2.09. The summed E-state index contributed by atoms with van der Waals surface area (Å²) in [5.41, 5.74) is -0.0159. The van der Waals surface area contributed by atoms with Gasteiger partial charge in [-0.05, 0) is 36.4 Å². The van der Waals surface area contributed by atoms with E-state index in [1.54, 1.807) is 18.2 Å². The Labute approximate surface area is 191 Å². The molecular formula is C24H17NO7S. The third kappa shape index (κ3) is 5.04. The highest BCUT2D eigenvalue weighted by atomic mass is 32.2. The lowest BCUT2D eigenvalue weighted by atomic mass is 10.1. The second-order valence-corrected chi connectivity index (χ2v) is 8.00. The third-order valence-corrected chi connectivity index (χ3v) is 5.83. The van der Waals surface area contributed by atoms with Crippen LogP contribution in [0.4, 0.5) is 5.69 Å². The maximum atomic E-state index is 12.6. The number of nitro benzene ring substituents is 1. The van der Waals surface area contributed by atoms with Gasteiger partial charge in [0.2, 0.25) is 0 Å². The molecule has 0 fully saturated rings. The van der Waals surface area contributed by atoms with Crippen molar-refractivity contribution in [1.29, 1.82) is 0 Å². The molecule has 4 aromatic rings. The average Bonchev–Trinajstić information content (AvgIpc) is 2.82. The summed E-state index contributed by atoms with van der Waals surface area (Å²) >= 11 is 1.23. The van der Waals surface area contributed by atoms with Crippen molar-refractivity contribution in [2.75, 3.05) is 7.11 Å². The third-order valence-electron chi connectivity index (χ3n) is 4.76. The largest absolute Gasteiger partial charge is 0.497 e. The lowest BCUT2D eigenvalue weighted by Crippen LogP contribution is -2.08. The number of carbonyl (C=O) groups is 1. The molecule has 4 rings (SSSR count). The predicted octanol–water partition coefficient (Wildman–Crippen LogP) is 5.22. The molecule has 33 heavy (non-hydrogen) atoms. The van der Waals surface area contributed by atoms with Crippen molar-refractivity contribution in [2.45, 2.75) is 16.4 Å². The first kappa shape index (κ1) is 22.1. The predicted molar refractivity (Wildman–Crippen MR) is 122 cm³/mol. The molecule has 1 heterocycles. The highest BCUT2D eigenvalue weighted by Gasteiger charge is 2.20. The summed E-state index contributed by atoms with van der Waals surface area (Å²) in [6.07, 6.45) is 0. The van der Waals surface area contributed by atoms with Crippen LogP contribution in [0.2, 0.25) is 0 Å². The summed E-state index contributed by atoms with van der Waals surface area (Å²) in [6, 6.07) is 19.6. The van der Waals surface area contributed by atoms with Gasteiger partial charge in [0.15, 0.2) is 0 Å². The van der Waals surface area contributed by atoms with Crippen molar-refractivity contribution in [1.82, 2.24) is 0 Å². The van der Waals surface area contributed by atoms with Crippen LogP contribution in [-0.2, 0) is 11.3 Å². The van der Waals surface area contributed by atoms with Gasteiger partial charge in [-0.2, -0.15) is 0 Å². The molecule has 0 saturated heterocycles. The number of hydrogen-bond acceptors (Lipinski definition) is 8. The fourth-order valence-corrected chi connectivity index (χ4v) is 4.09. The smallest absolute Gasteiger partial charge is 0.338 e. The minimum absolute atomic E-state index is 0.0352. The van der Waals surface area contributed by atoms with Gasteiger partial charge in [-0.15, -0.1) is 0 Å². The number of nitrogens with zero attached hydrogens (tertiary/aromatic N) is 1. The van der Waals surface area contributed by atoms with Gasteiger partial charge in [-0.1, -0.05) is 30.0 Å². The molecule has 0 saturated carbocycles. The lowest BCUT2D eigenvalue weighted by molar-refractivity contribution is -0.387. The summed E-state index contributed by atoms with van der Waals surface area (Å²) in [4.78, 5) is 36.8. The van der Waals surface area contributed by atoms with Gasteiger partial charge < -0.3 is 13.9 Å². The minimum Gasteiger partial charge on any atom is -0.497 e. The van der Waals surface area contributed by atoms with Gasteiger partial charge in [0.1, 0.15) is 17.9 Å². The average molecular weight is 463 g/mol. The highest BCUT2D eigenvalue weighted by Crippen LogP contribution is 2.35. The summed E-state index contributed by atoms with van der Waals surface area (Å²) in [5.74, 6) is -0.232. The Morgan fingerprint density at radius 1 is 1.06 bits per heavy atom. The number of nitro groups is 1. The van der Waals surface area contributed by atoms with Crippen LogP contribution >= 0.6 is 11.8 Å². The van der Waals surface area contributed by atoms with Crippen LogP contribution in [0.1, 0.15) is 15.9 Å². The molecule has 0 atom stereocenters. The molecule has 0 radical (unpaired) electrons. The van der Waals surface area contributed by atoms with Crippen molar-refractivity contribution in [3.63, 3.8) is 0 Å². The Morgan fingerprint density at radius 3 is 2.58 bits per heavy atom. The summed E-state index contributed by atoms with van der Waals surface area (Å²) < 4.78 is 15.7. The van der Waals surface area contributed by atoms with Gasteiger partial charge in [0.25, 0.3) is 5.69 Å². The van der Waals surface area contributed by atoms with Crippen molar-refractivity contribution >= 4 is 34.4 Å². The fraction of sp³-hybridized carbons (Fsp3) is 0.0833. The topological polar surface area (TPSA) is 109 Å². The zero-order valence-electron chi connectivity index (χ0n) is 17.3. The van der Waals surface area contributed by atoms with Crippen LogP contribution in [0.3, 0.4) is 0 Å². The van der Waals surface area contributed by atoms with Gasteiger partial charge in [-0.25, -0.2) is 9.59 Å². The normalized spacial score (nSPS) is 10.7. The Hall–Kier alpha value is -4.11. The summed E-state index contributed by atoms with van der Waals surface area (Å²) in [6.45, 7) is -0.207. The first-order valence-electron chi connectivity index (χ1n) is 9.74. The fourth-order valence-electron chi connectivity index (χ4n) is 3.17. The maximum absolute atomic E-state index is 12.6. The van der Waals surface area contributed by atoms with Crippen molar-refractivity contribution in [3.8, 4) is 5.75 Å². The number of carbonyl (C=O) groups excluding carboxylic acids is 1. The van der Waals surface area contributed by atoms with Gasteiger partial charge in [-0.3, -0.25) is 10.1 Å². The summed E-state index contributed by atoms with van der Waals surface area (Å²) in [5, 5.41) is 12.2. The number of methoxy groups -OCH3 is 1. The molecule has 3 aromatic carbocycles. The van der Waals surface area contributed by atoms with Gasteiger partial charge in [0, 0.05) is 34.0 Å².